The van der Waals surface area contributed by atoms with E-state index < -0.39 is 11.4 Å². The minimum absolute atomic E-state index is 0.179. The molecule has 6 nitrogen and oxygen atoms in total. The van der Waals surface area contributed by atoms with Crippen LogP contribution in [0.25, 0.3) is 16.7 Å². The van der Waals surface area contributed by atoms with Crippen molar-refractivity contribution in [2.75, 3.05) is 0 Å². The SMILES string of the molecule is CCC(C)c1cccc(-n2nc3ccccc3n2)c1OS(=O)O. The van der Waals surface area contributed by atoms with Crippen LogP contribution in [0.5, 0.6) is 5.75 Å². The second-order valence-electron chi connectivity index (χ2n) is 5.28. The normalized spacial score (nSPS) is 13.9. The zero-order valence-corrected chi connectivity index (χ0v) is 13.7. The minimum Gasteiger partial charge on any atom is -0.377 e. The molecule has 0 bridgehead atoms. The van der Waals surface area contributed by atoms with E-state index in [9.17, 15) is 8.76 Å². The molecule has 0 amide bonds. The summed E-state index contributed by atoms with van der Waals surface area (Å²) in [6, 6.07) is 13.0. The van der Waals surface area contributed by atoms with E-state index in [1.54, 1.807) is 6.07 Å². The van der Waals surface area contributed by atoms with E-state index in [4.69, 9.17) is 4.18 Å². The summed E-state index contributed by atoms with van der Waals surface area (Å²) >= 11 is -2.42. The molecule has 0 saturated carbocycles. The highest BCUT2D eigenvalue weighted by molar-refractivity contribution is 7.74. The molecular weight excluding hydrogens is 314 g/mol. The van der Waals surface area contributed by atoms with Crippen LogP contribution in [-0.2, 0) is 11.4 Å². The monoisotopic (exact) mass is 331 g/mol. The molecule has 0 aliphatic heterocycles. The Morgan fingerprint density at radius 3 is 2.39 bits per heavy atom. The van der Waals surface area contributed by atoms with Gasteiger partial charge in [0.25, 0.3) is 0 Å². The van der Waals surface area contributed by atoms with Crippen molar-refractivity contribution in [1.82, 2.24) is 15.0 Å². The Kier molecular flexibility index (Phi) is 4.40. The van der Waals surface area contributed by atoms with E-state index in [1.807, 2.05) is 43.3 Å². The van der Waals surface area contributed by atoms with Gasteiger partial charge in [0.2, 0.25) is 0 Å². The summed E-state index contributed by atoms with van der Waals surface area (Å²) in [5.74, 6) is 0.515. The Morgan fingerprint density at radius 2 is 1.83 bits per heavy atom. The summed E-state index contributed by atoms with van der Waals surface area (Å²) in [5.41, 5.74) is 2.89. The van der Waals surface area contributed by atoms with Gasteiger partial charge in [-0.1, -0.05) is 38.1 Å². The van der Waals surface area contributed by atoms with Gasteiger partial charge in [-0.05, 0) is 30.5 Å². The first-order chi connectivity index (χ1) is 11.1. The van der Waals surface area contributed by atoms with Gasteiger partial charge in [-0.3, -0.25) is 4.55 Å². The Balaban J connectivity index is 2.19. The molecule has 2 atom stereocenters. The van der Waals surface area contributed by atoms with Crippen LogP contribution in [0.2, 0.25) is 0 Å². The van der Waals surface area contributed by atoms with Crippen molar-refractivity contribution >= 4 is 22.4 Å². The average Bonchev–Trinajstić information content (AvgIpc) is 2.97. The first-order valence-electron chi connectivity index (χ1n) is 7.34. The number of benzene rings is 2. The third-order valence-corrected chi connectivity index (χ3v) is 4.13. The van der Waals surface area contributed by atoms with Crippen LogP contribution in [0.1, 0.15) is 31.7 Å². The number of fused-ring (bicyclic) bond motifs is 1. The Bertz CT molecular complexity index is 830. The van der Waals surface area contributed by atoms with Crippen LogP contribution in [0.15, 0.2) is 42.5 Å². The molecule has 0 spiro atoms. The van der Waals surface area contributed by atoms with E-state index in [1.165, 1.54) is 4.80 Å². The van der Waals surface area contributed by atoms with Gasteiger partial charge in [0.1, 0.15) is 16.7 Å². The predicted molar refractivity (Wildman–Crippen MR) is 89.0 cm³/mol. The molecule has 1 heterocycles. The molecular formula is C16H17N3O3S. The Labute approximate surface area is 136 Å². The molecule has 0 aliphatic carbocycles. The molecule has 7 heteroatoms. The zero-order valence-electron chi connectivity index (χ0n) is 12.8. The zero-order chi connectivity index (χ0) is 16.4. The lowest BCUT2D eigenvalue weighted by Gasteiger charge is -2.16. The molecule has 3 rings (SSSR count). The summed E-state index contributed by atoms with van der Waals surface area (Å²) in [4.78, 5) is 1.44. The number of nitrogens with zero attached hydrogens (tertiary/aromatic N) is 3. The minimum atomic E-state index is -2.42. The van der Waals surface area contributed by atoms with Gasteiger partial charge in [-0.15, -0.1) is 15.0 Å². The maximum Gasteiger partial charge on any atom is 0.357 e. The lowest BCUT2D eigenvalue weighted by Crippen LogP contribution is -2.09. The highest BCUT2D eigenvalue weighted by atomic mass is 32.2. The predicted octanol–water partition coefficient (Wildman–Crippen LogP) is 3.45. The average molecular weight is 331 g/mol. The molecule has 3 aromatic rings. The van der Waals surface area contributed by atoms with Gasteiger partial charge >= 0.3 is 11.4 Å². The van der Waals surface area contributed by atoms with E-state index >= 15 is 0 Å². The lowest BCUT2D eigenvalue weighted by atomic mass is 9.97. The van der Waals surface area contributed by atoms with Gasteiger partial charge in [0.05, 0.1) is 0 Å². The standard InChI is InChI=1S/C16H17N3O3S/c1-3-11(2)12-7-6-10-15(16(12)22-23(20)21)19-17-13-8-4-5-9-14(13)18-19/h4-11H,3H2,1-2H3,(H,20,21). The van der Waals surface area contributed by atoms with E-state index in [0.29, 0.717) is 11.4 Å². The topological polar surface area (TPSA) is 77.2 Å². The molecule has 1 N–H and O–H groups in total. The number of hydrogen-bond donors (Lipinski definition) is 1. The fourth-order valence-corrected chi connectivity index (χ4v) is 2.76. The fourth-order valence-electron chi connectivity index (χ4n) is 2.44. The van der Waals surface area contributed by atoms with Crippen molar-refractivity contribution in [3.8, 4) is 11.4 Å². The van der Waals surface area contributed by atoms with E-state index in [-0.39, 0.29) is 5.92 Å². The molecule has 0 fully saturated rings. The van der Waals surface area contributed by atoms with Crippen molar-refractivity contribution < 1.29 is 12.9 Å². The van der Waals surface area contributed by atoms with Gasteiger partial charge < -0.3 is 4.18 Å². The number of para-hydroxylation sites is 1. The molecule has 2 aromatic carbocycles. The van der Waals surface area contributed by atoms with Gasteiger partial charge in [0, 0.05) is 5.56 Å². The summed E-state index contributed by atoms with van der Waals surface area (Å²) in [5, 5.41) is 8.84. The summed E-state index contributed by atoms with van der Waals surface area (Å²) in [6.07, 6.45) is 0.881. The van der Waals surface area contributed by atoms with Crippen LogP contribution >= 0.6 is 0 Å². The maximum absolute atomic E-state index is 11.2. The summed E-state index contributed by atoms with van der Waals surface area (Å²) < 4.78 is 25.6. The van der Waals surface area contributed by atoms with E-state index in [2.05, 4.69) is 17.1 Å². The van der Waals surface area contributed by atoms with Crippen molar-refractivity contribution in [2.45, 2.75) is 26.2 Å². The van der Waals surface area contributed by atoms with Crippen LogP contribution in [0.3, 0.4) is 0 Å². The first-order valence-corrected chi connectivity index (χ1v) is 8.38. The van der Waals surface area contributed by atoms with Crippen LogP contribution in [0, 0.1) is 0 Å². The maximum atomic E-state index is 11.2. The second kappa shape index (κ2) is 6.47. The van der Waals surface area contributed by atoms with Crippen molar-refractivity contribution in [3.05, 3.63) is 48.0 Å². The molecule has 0 aliphatic rings. The molecule has 23 heavy (non-hydrogen) atoms. The highest BCUT2D eigenvalue weighted by Gasteiger charge is 2.19. The third kappa shape index (κ3) is 3.11. The Hall–Kier alpha value is -2.25. The third-order valence-electron chi connectivity index (χ3n) is 3.82. The molecule has 2 unspecified atom stereocenters. The van der Waals surface area contributed by atoms with Crippen molar-refractivity contribution in [2.24, 2.45) is 0 Å². The largest absolute Gasteiger partial charge is 0.377 e. The fraction of sp³-hybridized carbons (Fsp3) is 0.250. The summed E-state index contributed by atoms with van der Waals surface area (Å²) in [6.45, 7) is 4.09. The van der Waals surface area contributed by atoms with Gasteiger partial charge in [-0.25, -0.2) is 0 Å². The quantitative estimate of drug-likeness (QED) is 0.725. The van der Waals surface area contributed by atoms with Crippen molar-refractivity contribution in [1.29, 1.82) is 0 Å². The van der Waals surface area contributed by atoms with Gasteiger partial charge in [0.15, 0.2) is 5.75 Å². The first kappa shape index (κ1) is 15.6. The second-order valence-corrected chi connectivity index (χ2v) is 5.88. The molecule has 120 valence electrons. The number of rotatable bonds is 5. The number of hydrogen-bond acceptors (Lipinski definition) is 4. The van der Waals surface area contributed by atoms with Crippen molar-refractivity contribution in [3.63, 3.8) is 0 Å². The van der Waals surface area contributed by atoms with E-state index in [0.717, 1.165) is 23.0 Å². The molecule has 0 radical (unpaired) electrons. The summed E-state index contributed by atoms with van der Waals surface area (Å²) in [7, 11) is 0. The van der Waals surface area contributed by atoms with Crippen LogP contribution in [-0.4, -0.2) is 23.8 Å². The number of aromatic nitrogens is 3. The lowest BCUT2D eigenvalue weighted by molar-refractivity contribution is 0.450. The van der Waals surface area contributed by atoms with Crippen LogP contribution in [0.4, 0.5) is 0 Å². The molecule has 1 aromatic heterocycles. The molecule has 0 saturated heterocycles. The van der Waals surface area contributed by atoms with Crippen LogP contribution < -0.4 is 4.18 Å². The Morgan fingerprint density at radius 1 is 1.17 bits per heavy atom. The van der Waals surface area contributed by atoms with Gasteiger partial charge in [-0.2, -0.15) is 4.21 Å². The smallest absolute Gasteiger partial charge is 0.357 e. The highest BCUT2D eigenvalue weighted by Crippen LogP contribution is 2.34.